The predicted molar refractivity (Wildman–Crippen MR) is 52.7 cm³/mol. The molecule has 4 heteroatoms. The number of hydrogen-bond donors (Lipinski definition) is 0. The van der Waals surface area contributed by atoms with Gasteiger partial charge in [-0.25, -0.2) is 0 Å². The molecule has 5 fully saturated rings. The first-order chi connectivity index (χ1) is 7.62. The maximum Gasteiger partial charge on any atom is 0.180 e. The Morgan fingerprint density at radius 1 is 0.812 bits per heavy atom. The Bertz CT molecular complexity index is 347. The lowest BCUT2D eigenvalue weighted by atomic mass is 9.95. The lowest BCUT2D eigenvalue weighted by molar-refractivity contribution is -0.276. The minimum Gasteiger partial charge on any atom is -0.368 e. The normalized spacial score (nSPS) is 61.9. The van der Waals surface area contributed by atoms with Crippen LogP contribution in [0.2, 0.25) is 0 Å². The number of hydrogen-bond acceptors (Lipinski definition) is 4. The summed E-state index contributed by atoms with van der Waals surface area (Å²) in [5.74, 6) is 0.592. The van der Waals surface area contributed by atoms with E-state index in [9.17, 15) is 0 Å². The van der Waals surface area contributed by atoms with Gasteiger partial charge in [-0.1, -0.05) is 13.8 Å². The minimum atomic E-state index is -0.292. The zero-order valence-corrected chi connectivity index (χ0v) is 9.51. The molecule has 4 heterocycles. The van der Waals surface area contributed by atoms with Gasteiger partial charge in [0.25, 0.3) is 0 Å². The molecule has 5 aliphatic rings. The standard InChI is InChI=1S/C12H16O4/c1-11(2)3-13-12(14-4-11)5-6(12)8-10-9(16-10)7(5)15-8/h5-10H,3-4H2,1-2H3/t5?,6?,7-,8+,9?,10?. The number of epoxide rings is 1. The molecule has 6 atom stereocenters. The predicted octanol–water partition coefficient (Wildman–Crippen LogP) is 0.550. The lowest BCUT2D eigenvalue weighted by Gasteiger charge is -2.38. The topological polar surface area (TPSA) is 40.2 Å². The van der Waals surface area contributed by atoms with Gasteiger partial charge in [0.15, 0.2) is 5.79 Å². The van der Waals surface area contributed by atoms with Crippen molar-refractivity contribution in [3.63, 3.8) is 0 Å². The number of fused-ring (bicyclic) bond motifs is 10. The van der Waals surface area contributed by atoms with Crippen molar-refractivity contribution in [3.05, 3.63) is 0 Å². The van der Waals surface area contributed by atoms with Crippen molar-refractivity contribution in [2.24, 2.45) is 17.3 Å². The van der Waals surface area contributed by atoms with Crippen LogP contribution in [0.5, 0.6) is 0 Å². The van der Waals surface area contributed by atoms with Gasteiger partial charge in [0.05, 0.1) is 37.3 Å². The second-order valence-electron chi connectivity index (χ2n) is 6.65. The molecular formula is C12H16O4. The molecule has 0 aromatic rings. The monoisotopic (exact) mass is 224 g/mol. The zero-order chi connectivity index (χ0) is 10.7. The van der Waals surface area contributed by atoms with Crippen LogP contribution in [-0.4, -0.2) is 43.4 Å². The fraction of sp³-hybridized carbons (Fsp3) is 1.00. The summed E-state index contributed by atoms with van der Waals surface area (Å²) < 4.78 is 23.6. The maximum atomic E-state index is 6.05. The first-order valence-electron chi connectivity index (χ1n) is 6.21. The van der Waals surface area contributed by atoms with Crippen LogP contribution in [0.15, 0.2) is 0 Å². The smallest absolute Gasteiger partial charge is 0.180 e. The van der Waals surface area contributed by atoms with E-state index in [2.05, 4.69) is 13.8 Å². The van der Waals surface area contributed by atoms with Gasteiger partial charge in [-0.2, -0.15) is 0 Å². The van der Waals surface area contributed by atoms with Crippen LogP contribution in [0, 0.1) is 17.3 Å². The van der Waals surface area contributed by atoms with Crippen molar-refractivity contribution in [2.75, 3.05) is 13.2 Å². The molecule has 5 rings (SSSR count). The summed E-state index contributed by atoms with van der Waals surface area (Å²) in [4.78, 5) is 0. The summed E-state index contributed by atoms with van der Waals surface area (Å²) in [7, 11) is 0. The van der Waals surface area contributed by atoms with E-state index in [1.807, 2.05) is 0 Å². The Morgan fingerprint density at radius 3 is 1.88 bits per heavy atom. The molecule has 4 nitrogen and oxygen atoms in total. The maximum absolute atomic E-state index is 6.05. The van der Waals surface area contributed by atoms with Crippen molar-refractivity contribution in [1.29, 1.82) is 0 Å². The highest BCUT2D eigenvalue weighted by Gasteiger charge is 2.88. The highest BCUT2D eigenvalue weighted by Crippen LogP contribution is 2.72. The van der Waals surface area contributed by atoms with Crippen LogP contribution in [0.4, 0.5) is 0 Å². The summed E-state index contributed by atoms with van der Waals surface area (Å²) in [6.07, 6.45) is 1.21. The molecule has 4 unspecified atom stereocenters. The minimum absolute atomic E-state index is 0.154. The van der Waals surface area contributed by atoms with Crippen molar-refractivity contribution in [3.8, 4) is 0 Å². The van der Waals surface area contributed by atoms with Gasteiger partial charge in [-0.3, -0.25) is 0 Å². The van der Waals surface area contributed by atoms with Crippen LogP contribution >= 0.6 is 0 Å². The van der Waals surface area contributed by atoms with E-state index in [4.69, 9.17) is 18.9 Å². The third-order valence-electron chi connectivity index (χ3n) is 4.82. The van der Waals surface area contributed by atoms with E-state index in [1.54, 1.807) is 0 Å². The summed E-state index contributed by atoms with van der Waals surface area (Å²) in [6.45, 7) is 5.97. The lowest BCUT2D eigenvalue weighted by Crippen LogP contribution is -2.44. The SMILES string of the molecule is CC1(C)COC2(OC1)C1C2[C@H]2O[C@@H]1C1OC12. The Morgan fingerprint density at radius 2 is 1.31 bits per heavy atom. The van der Waals surface area contributed by atoms with Crippen molar-refractivity contribution in [2.45, 2.75) is 44.1 Å². The molecule has 0 radical (unpaired) electrons. The molecule has 1 saturated carbocycles. The molecule has 0 aromatic carbocycles. The van der Waals surface area contributed by atoms with Gasteiger partial charge in [0.1, 0.15) is 12.2 Å². The van der Waals surface area contributed by atoms with E-state index < -0.39 is 0 Å². The fourth-order valence-electron chi connectivity index (χ4n) is 3.92. The summed E-state index contributed by atoms with van der Waals surface area (Å²) in [5.41, 5.74) is 0.154. The number of ether oxygens (including phenoxy) is 4. The van der Waals surface area contributed by atoms with E-state index in [0.717, 1.165) is 13.2 Å². The Hall–Kier alpha value is -0.160. The quantitative estimate of drug-likeness (QED) is 0.563. The third kappa shape index (κ3) is 0.787. The Labute approximate surface area is 94.2 Å². The highest BCUT2D eigenvalue weighted by molar-refractivity contribution is 5.30. The second-order valence-corrected chi connectivity index (χ2v) is 6.65. The molecule has 0 aromatic heterocycles. The Balaban J connectivity index is 1.44. The number of rotatable bonds is 0. The fourth-order valence-corrected chi connectivity index (χ4v) is 3.92. The molecule has 16 heavy (non-hydrogen) atoms. The molecule has 1 aliphatic carbocycles. The largest absolute Gasteiger partial charge is 0.368 e. The van der Waals surface area contributed by atoms with E-state index in [-0.39, 0.29) is 23.4 Å². The van der Waals surface area contributed by atoms with E-state index in [1.165, 1.54) is 0 Å². The van der Waals surface area contributed by atoms with Gasteiger partial charge >= 0.3 is 0 Å². The molecule has 0 N–H and O–H groups in total. The van der Waals surface area contributed by atoms with Gasteiger partial charge in [0, 0.05) is 5.41 Å². The molecule has 4 saturated heterocycles. The van der Waals surface area contributed by atoms with Crippen LogP contribution in [0.25, 0.3) is 0 Å². The van der Waals surface area contributed by atoms with Crippen molar-refractivity contribution >= 4 is 0 Å². The third-order valence-corrected chi connectivity index (χ3v) is 4.82. The average Bonchev–Trinajstić information content (AvgIpc) is 3.11. The first kappa shape index (κ1) is 8.86. The average molecular weight is 224 g/mol. The van der Waals surface area contributed by atoms with Gasteiger partial charge in [-0.05, 0) is 0 Å². The molecule has 2 bridgehead atoms. The van der Waals surface area contributed by atoms with E-state index in [0.29, 0.717) is 24.0 Å². The van der Waals surface area contributed by atoms with E-state index >= 15 is 0 Å². The Kier molecular flexibility index (Phi) is 1.23. The van der Waals surface area contributed by atoms with Gasteiger partial charge < -0.3 is 18.9 Å². The zero-order valence-electron chi connectivity index (χ0n) is 9.51. The van der Waals surface area contributed by atoms with Crippen LogP contribution in [0.1, 0.15) is 13.8 Å². The molecular weight excluding hydrogens is 208 g/mol. The molecule has 0 amide bonds. The van der Waals surface area contributed by atoms with Gasteiger partial charge in [0.2, 0.25) is 0 Å². The van der Waals surface area contributed by atoms with Crippen LogP contribution < -0.4 is 0 Å². The van der Waals surface area contributed by atoms with Crippen molar-refractivity contribution < 1.29 is 18.9 Å². The van der Waals surface area contributed by atoms with Crippen molar-refractivity contribution in [1.82, 2.24) is 0 Å². The van der Waals surface area contributed by atoms with Gasteiger partial charge in [-0.15, -0.1) is 0 Å². The molecule has 1 spiro atoms. The highest BCUT2D eigenvalue weighted by atomic mass is 16.7. The summed E-state index contributed by atoms with van der Waals surface area (Å²) in [5, 5.41) is 0. The first-order valence-corrected chi connectivity index (χ1v) is 6.21. The second kappa shape index (κ2) is 2.21. The van der Waals surface area contributed by atoms with Crippen LogP contribution in [-0.2, 0) is 18.9 Å². The van der Waals surface area contributed by atoms with Crippen LogP contribution in [0.3, 0.4) is 0 Å². The summed E-state index contributed by atoms with van der Waals surface area (Å²) >= 11 is 0. The molecule has 88 valence electrons. The summed E-state index contributed by atoms with van der Waals surface area (Å²) in [6, 6.07) is 0. The molecule has 4 aliphatic heterocycles.